The molecule has 0 bridgehead atoms. The highest BCUT2D eigenvalue weighted by Crippen LogP contribution is 2.19. The van der Waals surface area contributed by atoms with E-state index in [-0.39, 0.29) is 6.04 Å². The minimum atomic E-state index is -0.168. The summed E-state index contributed by atoms with van der Waals surface area (Å²) in [6.45, 7) is 0.555. The third kappa shape index (κ3) is 2.47. The largest absolute Gasteiger partial charge is 0.298 e. The molecule has 1 unspecified atom stereocenters. The fourth-order valence-electron chi connectivity index (χ4n) is 1.29. The lowest BCUT2D eigenvalue weighted by Gasteiger charge is -2.09. The van der Waals surface area contributed by atoms with E-state index in [9.17, 15) is 0 Å². The third-order valence-electron chi connectivity index (χ3n) is 2.14. The van der Waals surface area contributed by atoms with Crippen molar-refractivity contribution in [2.45, 2.75) is 31.5 Å². The first-order chi connectivity index (χ1) is 6.78. The normalized spacial score (nSPS) is 17.7. The first-order valence-electron chi connectivity index (χ1n) is 4.61. The molecular weight excluding hydrogens is 200 g/mol. The summed E-state index contributed by atoms with van der Waals surface area (Å²) in [5.74, 6) is 0. The van der Waals surface area contributed by atoms with Crippen LogP contribution < -0.4 is 5.32 Å². The van der Waals surface area contributed by atoms with Gasteiger partial charge in [-0.25, -0.2) is 0 Å². The molecule has 0 spiro atoms. The molecule has 1 N–H and O–H groups in total. The number of hydrogen-bond donors (Lipinski definition) is 1. The highest BCUT2D eigenvalue weighted by molar-refractivity contribution is 6.30. The van der Waals surface area contributed by atoms with Crippen molar-refractivity contribution in [3.05, 3.63) is 17.4 Å². The highest BCUT2D eigenvalue weighted by atomic mass is 35.5. The van der Waals surface area contributed by atoms with Gasteiger partial charge in [0.2, 0.25) is 0 Å². The minimum Gasteiger partial charge on any atom is -0.298 e. The molecule has 0 aromatic carbocycles. The number of hydrogen-bond acceptors (Lipinski definition) is 3. The van der Waals surface area contributed by atoms with E-state index >= 15 is 0 Å². The number of nitrogens with zero attached hydrogens (tertiary/aromatic N) is 3. The molecule has 1 heterocycles. The van der Waals surface area contributed by atoms with E-state index in [1.165, 1.54) is 12.8 Å². The van der Waals surface area contributed by atoms with Gasteiger partial charge in [0.15, 0.2) is 0 Å². The number of nitriles is 1. The van der Waals surface area contributed by atoms with E-state index in [4.69, 9.17) is 16.9 Å². The van der Waals surface area contributed by atoms with E-state index in [2.05, 4.69) is 16.5 Å². The van der Waals surface area contributed by atoms with Crippen LogP contribution in [0, 0.1) is 11.3 Å². The smallest absolute Gasteiger partial charge is 0.115 e. The Hall–Kier alpha value is -1.05. The van der Waals surface area contributed by atoms with Crippen molar-refractivity contribution < 1.29 is 0 Å². The summed E-state index contributed by atoms with van der Waals surface area (Å²) in [7, 11) is 0. The standard InChI is InChI=1S/C9H11ClN4/c10-7-4-12-14(5-7)6-9(3-11)13-8-1-2-8/h4-5,8-9,13H,1-2,6H2. The SMILES string of the molecule is N#CC(Cn1cc(Cl)cn1)NC1CC1. The van der Waals surface area contributed by atoms with Gasteiger partial charge in [0.25, 0.3) is 0 Å². The molecule has 0 radical (unpaired) electrons. The molecule has 1 aromatic rings. The van der Waals surface area contributed by atoms with Crippen molar-refractivity contribution in [3.8, 4) is 6.07 Å². The van der Waals surface area contributed by atoms with Crippen molar-refractivity contribution in [1.29, 1.82) is 5.26 Å². The molecule has 0 aliphatic heterocycles. The lowest BCUT2D eigenvalue weighted by Crippen LogP contribution is -2.33. The summed E-state index contributed by atoms with van der Waals surface area (Å²) < 4.78 is 1.69. The summed E-state index contributed by atoms with van der Waals surface area (Å²) in [4.78, 5) is 0. The monoisotopic (exact) mass is 210 g/mol. The molecule has 14 heavy (non-hydrogen) atoms. The number of halogens is 1. The van der Waals surface area contributed by atoms with Crippen LogP contribution in [0.1, 0.15) is 12.8 Å². The summed E-state index contributed by atoms with van der Waals surface area (Å²) >= 11 is 5.72. The van der Waals surface area contributed by atoms with Crippen LogP contribution in [0.2, 0.25) is 5.02 Å². The average molecular weight is 211 g/mol. The molecule has 1 atom stereocenters. The van der Waals surface area contributed by atoms with E-state index in [1.54, 1.807) is 17.1 Å². The van der Waals surface area contributed by atoms with E-state index in [1.807, 2.05) is 0 Å². The van der Waals surface area contributed by atoms with Gasteiger partial charge in [0, 0.05) is 12.2 Å². The maximum atomic E-state index is 8.88. The summed E-state index contributed by atoms with van der Waals surface area (Å²) in [5, 5.41) is 16.7. The summed E-state index contributed by atoms with van der Waals surface area (Å²) in [6, 6.07) is 2.58. The molecule has 4 nitrogen and oxygen atoms in total. The molecule has 0 saturated heterocycles. The Morgan fingerprint density at radius 3 is 3.07 bits per heavy atom. The van der Waals surface area contributed by atoms with Gasteiger partial charge in [0.05, 0.1) is 23.8 Å². The first kappa shape index (κ1) is 9.50. The van der Waals surface area contributed by atoms with Gasteiger partial charge in [-0.15, -0.1) is 0 Å². The van der Waals surface area contributed by atoms with Crippen LogP contribution in [0.4, 0.5) is 0 Å². The molecule has 1 aliphatic rings. The zero-order valence-electron chi connectivity index (χ0n) is 7.65. The average Bonchev–Trinajstić information content (AvgIpc) is 2.89. The van der Waals surface area contributed by atoms with Crippen LogP contribution in [-0.4, -0.2) is 21.9 Å². The van der Waals surface area contributed by atoms with Crippen LogP contribution in [0.3, 0.4) is 0 Å². The molecular formula is C9H11ClN4. The predicted molar refractivity (Wildman–Crippen MR) is 52.8 cm³/mol. The van der Waals surface area contributed by atoms with Crippen molar-refractivity contribution in [1.82, 2.24) is 15.1 Å². The molecule has 5 heteroatoms. The summed E-state index contributed by atoms with van der Waals surface area (Å²) in [5.41, 5.74) is 0. The fraction of sp³-hybridized carbons (Fsp3) is 0.556. The lowest BCUT2D eigenvalue weighted by molar-refractivity contribution is 0.489. The number of nitrogens with one attached hydrogen (secondary N) is 1. The fourth-order valence-corrected chi connectivity index (χ4v) is 1.45. The second-order valence-electron chi connectivity index (χ2n) is 3.50. The summed E-state index contributed by atoms with van der Waals surface area (Å²) in [6.07, 6.45) is 5.66. The van der Waals surface area contributed by atoms with E-state index in [0.29, 0.717) is 17.6 Å². The van der Waals surface area contributed by atoms with Crippen molar-refractivity contribution in [2.24, 2.45) is 0 Å². The maximum Gasteiger partial charge on any atom is 0.115 e. The van der Waals surface area contributed by atoms with Crippen LogP contribution >= 0.6 is 11.6 Å². The van der Waals surface area contributed by atoms with Gasteiger partial charge in [-0.1, -0.05) is 11.6 Å². The zero-order chi connectivity index (χ0) is 9.97. The van der Waals surface area contributed by atoms with Crippen LogP contribution in [0.15, 0.2) is 12.4 Å². The Morgan fingerprint density at radius 1 is 1.79 bits per heavy atom. The van der Waals surface area contributed by atoms with Gasteiger partial charge in [-0.3, -0.25) is 10.00 Å². The Kier molecular flexibility index (Phi) is 2.71. The van der Waals surface area contributed by atoms with Gasteiger partial charge in [0.1, 0.15) is 6.04 Å². The van der Waals surface area contributed by atoms with Crippen LogP contribution in [0.5, 0.6) is 0 Å². The van der Waals surface area contributed by atoms with Gasteiger partial charge < -0.3 is 0 Å². The molecule has 2 rings (SSSR count). The lowest BCUT2D eigenvalue weighted by atomic mass is 10.3. The second kappa shape index (κ2) is 3.99. The number of rotatable bonds is 4. The van der Waals surface area contributed by atoms with Gasteiger partial charge >= 0.3 is 0 Å². The van der Waals surface area contributed by atoms with Crippen LogP contribution in [-0.2, 0) is 6.54 Å². The molecule has 1 fully saturated rings. The molecule has 1 aromatic heterocycles. The minimum absolute atomic E-state index is 0.168. The maximum absolute atomic E-state index is 8.88. The topological polar surface area (TPSA) is 53.6 Å². The third-order valence-corrected chi connectivity index (χ3v) is 2.34. The van der Waals surface area contributed by atoms with E-state index in [0.717, 1.165) is 0 Å². The Balaban J connectivity index is 1.90. The van der Waals surface area contributed by atoms with E-state index < -0.39 is 0 Å². The quantitative estimate of drug-likeness (QED) is 0.812. The van der Waals surface area contributed by atoms with Gasteiger partial charge in [-0.2, -0.15) is 10.4 Å². The Labute approximate surface area is 87.5 Å². The second-order valence-corrected chi connectivity index (χ2v) is 3.94. The first-order valence-corrected chi connectivity index (χ1v) is 4.99. The molecule has 1 aliphatic carbocycles. The molecule has 74 valence electrons. The zero-order valence-corrected chi connectivity index (χ0v) is 8.41. The van der Waals surface area contributed by atoms with Crippen molar-refractivity contribution >= 4 is 11.6 Å². The van der Waals surface area contributed by atoms with Crippen molar-refractivity contribution in [2.75, 3.05) is 0 Å². The molecule has 0 amide bonds. The van der Waals surface area contributed by atoms with Gasteiger partial charge in [-0.05, 0) is 12.8 Å². The predicted octanol–water partition coefficient (Wildman–Crippen LogP) is 1.18. The Bertz CT molecular complexity index is 350. The molecule has 1 saturated carbocycles. The highest BCUT2D eigenvalue weighted by Gasteiger charge is 2.24. The Morgan fingerprint density at radius 2 is 2.57 bits per heavy atom. The van der Waals surface area contributed by atoms with Crippen LogP contribution in [0.25, 0.3) is 0 Å². The van der Waals surface area contributed by atoms with Crippen molar-refractivity contribution in [3.63, 3.8) is 0 Å². The number of aromatic nitrogens is 2.